The molecule has 2 unspecified atom stereocenters. The topological polar surface area (TPSA) is 60.2 Å². The fraction of sp³-hybridized carbons (Fsp3) is 0.846. The van der Waals surface area contributed by atoms with Crippen molar-refractivity contribution in [1.82, 2.24) is 14.8 Å². The van der Waals surface area contributed by atoms with Crippen LogP contribution in [0.15, 0.2) is 0 Å². The molecule has 0 amide bonds. The van der Waals surface area contributed by atoms with Gasteiger partial charge in [0.1, 0.15) is 11.6 Å². The lowest BCUT2D eigenvalue weighted by Crippen LogP contribution is -2.26. The molecule has 18 heavy (non-hydrogen) atoms. The Morgan fingerprint density at radius 3 is 3.00 bits per heavy atom. The number of nitrogens with zero attached hydrogens (tertiary/aromatic N) is 3. The maximum Gasteiger partial charge on any atom is 0.133 e. The summed E-state index contributed by atoms with van der Waals surface area (Å²) in [7, 11) is 0. The Morgan fingerprint density at radius 2 is 2.22 bits per heavy atom. The number of hydrogen-bond donors (Lipinski definition) is 1. The fourth-order valence-electron chi connectivity index (χ4n) is 2.98. The average molecular weight is 251 g/mol. The molecule has 0 radical (unpaired) electrons. The second-order valence-electron chi connectivity index (χ2n) is 5.52. The van der Waals surface area contributed by atoms with Crippen molar-refractivity contribution in [2.24, 2.45) is 11.8 Å². The third kappa shape index (κ3) is 2.42. The number of aromatic nitrogens is 3. The van der Waals surface area contributed by atoms with Crippen molar-refractivity contribution >= 4 is 0 Å². The molecule has 0 aromatic carbocycles. The highest BCUT2D eigenvalue weighted by Gasteiger charge is 2.24. The molecule has 1 saturated heterocycles. The molecule has 0 spiro atoms. The van der Waals surface area contributed by atoms with Crippen LogP contribution in [0.1, 0.15) is 30.9 Å². The van der Waals surface area contributed by atoms with Crippen LogP contribution in [-0.2, 0) is 24.1 Å². The maximum absolute atomic E-state index is 9.29. The van der Waals surface area contributed by atoms with Gasteiger partial charge in [-0.3, -0.25) is 0 Å². The molecule has 0 saturated carbocycles. The molecule has 5 heteroatoms. The summed E-state index contributed by atoms with van der Waals surface area (Å²) in [5.41, 5.74) is 0. The van der Waals surface area contributed by atoms with Crippen LogP contribution in [0.5, 0.6) is 0 Å². The van der Waals surface area contributed by atoms with Crippen LogP contribution in [0.3, 0.4) is 0 Å². The van der Waals surface area contributed by atoms with E-state index in [0.29, 0.717) is 11.8 Å². The molecule has 3 heterocycles. The monoisotopic (exact) mass is 251 g/mol. The zero-order chi connectivity index (χ0) is 12.4. The minimum Gasteiger partial charge on any atom is -0.396 e. The summed E-state index contributed by atoms with van der Waals surface area (Å²) in [5.74, 6) is 3.13. The van der Waals surface area contributed by atoms with Gasteiger partial charge in [0.05, 0.1) is 0 Å². The molecule has 2 atom stereocenters. The van der Waals surface area contributed by atoms with Gasteiger partial charge >= 0.3 is 0 Å². The quantitative estimate of drug-likeness (QED) is 0.863. The predicted octanol–water partition coefficient (Wildman–Crippen LogP) is 0.802. The van der Waals surface area contributed by atoms with Crippen molar-refractivity contribution < 1.29 is 9.84 Å². The summed E-state index contributed by atoms with van der Waals surface area (Å²) in [6.07, 6.45) is 5.32. The van der Waals surface area contributed by atoms with Crippen molar-refractivity contribution in [3.05, 3.63) is 11.6 Å². The highest BCUT2D eigenvalue weighted by atomic mass is 16.5. The van der Waals surface area contributed by atoms with Gasteiger partial charge in [-0.1, -0.05) is 0 Å². The predicted molar refractivity (Wildman–Crippen MR) is 66.2 cm³/mol. The summed E-state index contributed by atoms with van der Waals surface area (Å²) in [5, 5.41) is 17.9. The molecule has 0 bridgehead atoms. The SMILES string of the molecule is OCC1CCc2nnc(CC3CCCOC3)n2C1. The van der Waals surface area contributed by atoms with Crippen molar-refractivity contribution in [3.63, 3.8) is 0 Å². The number of aliphatic hydroxyl groups is 1. The first-order valence-electron chi connectivity index (χ1n) is 6.96. The standard InChI is InChI=1S/C13H21N3O2/c17-8-11-3-4-12-14-15-13(16(12)7-11)6-10-2-1-5-18-9-10/h10-11,17H,1-9H2. The van der Waals surface area contributed by atoms with Crippen LogP contribution < -0.4 is 0 Å². The van der Waals surface area contributed by atoms with E-state index in [2.05, 4.69) is 14.8 Å². The van der Waals surface area contributed by atoms with Crippen LogP contribution in [0.25, 0.3) is 0 Å². The van der Waals surface area contributed by atoms with E-state index >= 15 is 0 Å². The van der Waals surface area contributed by atoms with Gasteiger partial charge in [-0.05, 0) is 25.2 Å². The first-order chi connectivity index (χ1) is 8.86. The van der Waals surface area contributed by atoms with Crippen LogP contribution in [0, 0.1) is 11.8 Å². The highest BCUT2D eigenvalue weighted by molar-refractivity contribution is 5.01. The van der Waals surface area contributed by atoms with Crippen molar-refractivity contribution in [2.45, 2.75) is 38.6 Å². The minimum absolute atomic E-state index is 0.267. The molecule has 1 aromatic rings. The van der Waals surface area contributed by atoms with Gasteiger partial charge in [-0.25, -0.2) is 0 Å². The van der Waals surface area contributed by atoms with Gasteiger partial charge in [-0.2, -0.15) is 0 Å². The second-order valence-corrected chi connectivity index (χ2v) is 5.52. The first-order valence-corrected chi connectivity index (χ1v) is 6.96. The maximum atomic E-state index is 9.29. The summed E-state index contributed by atoms with van der Waals surface area (Å²) >= 11 is 0. The van der Waals surface area contributed by atoms with Crippen LogP contribution in [0.4, 0.5) is 0 Å². The second kappa shape index (κ2) is 5.36. The van der Waals surface area contributed by atoms with Crippen molar-refractivity contribution in [3.8, 4) is 0 Å². The smallest absolute Gasteiger partial charge is 0.133 e. The first kappa shape index (κ1) is 12.1. The normalized spacial score (nSPS) is 28.1. The summed E-state index contributed by atoms with van der Waals surface area (Å²) < 4.78 is 7.74. The Bertz CT molecular complexity index is 399. The van der Waals surface area contributed by atoms with Crippen LogP contribution in [-0.4, -0.2) is 39.7 Å². The van der Waals surface area contributed by atoms with Crippen molar-refractivity contribution in [1.29, 1.82) is 0 Å². The largest absolute Gasteiger partial charge is 0.396 e. The Balaban J connectivity index is 1.71. The van der Waals surface area contributed by atoms with E-state index in [-0.39, 0.29) is 6.61 Å². The zero-order valence-corrected chi connectivity index (χ0v) is 10.7. The molecule has 0 aliphatic carbocycles. The van der Waals surface area contributed by atoms with Gasteiger partial charge in [0.15, 0.2) is 0 Å². The molecular formula is C13H21N3O2. The fourth-order valence-corrected chi connectivity index (χ4v) is 2.98. The Hall–Kier alpha value is -0.940. The van der Waals surface area contributed by atoms with E-state index < -0.39 is 0 Å². The third-order valence-corrected chi connectivity index (χ3v) is 4.11. The van der Waals surface area contributed by atoms with Crippen LogP contribution >= 0.6 is 0 Å². The van der Waals surface area contributed by atoms with Gasteiger partial charge in [0.25, 0.3) is 0 Å². The van der Waals surface area contributed by atoms with Crippen LogP contribution in [0.2, 0.25) is 0 Å². The molecular weight excluding hydrogens is 230 g/mol. The van der Waals surface area contributed by atoms with E-state index in [1.807, 2.05) is 0 Å². The summed E-state index contributed by atoms with van der Waals surface area (Å²) in [4.78, 5) is 0. The average Bonchev–Trinajstić information content (AvgIpc) is 2.82. The molecule has 1 aromatic heterocycles. The van der Waals surface area contributed by atoms with Gasteiger partial charge in [-0.15, -0.1) is 10.2 Å². The summed E-state index contributed by atoms with van der Waals surface area (Å²) in [6, 6.07) is 0. The molecule has 3 rings (SSSR count). The highest BCUT2D eigenvalue weighted by Crippen LogP contribution is 2.23. The lowest BCUT2D eigenvalue weighted by atomic mass is 9.97. The van der Waals surface area contributed by atoms with E-state index in [1.54, 1.807) is 0 Å². The lowest BCUT2D eigenvalue weighted by Gasteiger charge is -2.25. The lowest BCUT2D eigenvalue weighted by molar-refractivity contribution is 0.0537. The minimum atomic E-state index is 0.267. The Kier molecular flexibility index (Phi) is 3.61. The van der Waals surface area contributed by atoms with E-state index in [9.17, 15) is 5.11 Å². The molecule has 2 aliphatic heterocycles. The molecule has 1 fully saturated rings. The van der Waals surface area contributed by atoms with Gasteiger partial charge in [0, 0.05) is 45.1 Å². The Morgan fingerprint density at radius 1 is 1.28 bits per heavy atom. The Labute approximate surface area is 107 Å². The van der Waals surface area contributed by atoms with Gasteiger partial charge in [0.2, 0.25) is 0 Å². The number of fused-ring (bicyclic) bond motifs is 1. The van der Waals surface area contributed by atoms with Crippen molar-refractivity contribution in [2.75, 3.05) is 19.8 Å². The third-order valence-electron chi connectivity index (χ3n) is 4.11. The van der Waals surface area contributed by atoms with E-state index in [1.165, 1.54) is 6.42 Å². The van der Waals surface area contributed by atoms with E-state index in [4.69, 9.17) is 4.74 Å². The number of hydrogen-bond acceptors (Lipinski definition) is 4. The number of rotatable bonds is 3. The number of aliphatic hydroxyl groups excluding tert-OH is 1. The van der Waals surface area contributed by atoms with Gasteiger partial charge < -0.3 is 14.4 Å². The molecule has 1 N–H and O–H groups in total. The summed E-state index contributed by atoms with van der Waals surface area (Å²) in [6.45, 7) is 2.90. The van der Waals surface area contributed by atoms with E-state index in [0.717, 1.165) is 57.1 Å². The number of aryl methyl sites for hydroxylation is 1. The molecule has 2 aliphatic rings. The number of ether oxygens (including phenoxy) is 1. The zero-order valence-electron chi connectivity index (χ0n) is 10.7. The molecule has 100 valence electrons. The molecule has 5 nitrogen and oxygen atoms in total.